The van der Waals surface area contributed by atoms with E-state index in [1.54, 1.807) is 30.3 Å². The molecule has 0 saturated carbocycles. The molecule has 0 aromatic heterocycles. The van der Waals surface area contributed by atoms with Crippen LogP contribution in [0.25, 0.3) is 0 Å². The maximum absolute atomic E-state index is 14.6. The summed E-state index contributed by atoms with van der Waals surface area (Å²) in [5, 5.41) is 3.89. The molecule has 46 heavy (non-hydrogen) atoms. The van der Waals surface area contributed by atoms with Crippen LogP contribution in [0.3, 0.4) is 0 Å². The number of sulfonamides is 1. The molecule has 12 heteroatoms. The Morgan fingerprint density at radius 3 is 2.07 bits per heavy atom. The fourth-order valence-electron chi connectivity index (χ4n) is 4.80. The van der Waals surface area contributed by atoms with E-state index in [2.05, 4.69) is 5.32 Å². The highest BCUT2D eigenvalue weighted by Crippen LogP contribution is 2.34. The van der Waals surface area contributed by atoms with E-state index in [-0.39, 0.29) is 44.7 Å². The quantitative estimate of drug-likeness (QED) is 0.161. The Hall–Kier alpha value is -3.27. The molecule has 1 unspecified atom stereocenters. The van der Waals surface area contributed by atoms with Crippen LogP contribution >= 0.6 is 46.4 Å². The van der Waals surface area contributed by atoms with Gasteiger partial charge in [0.1, 0.15) is 12.6 Å². The van der Waals surface area contributed by atoms with Crippen LogP contribution in [0.15, 0.2) is 95.9 Å². The van der Waals surface area contributed by atoms with Crippen LogP contribution in [-0.4, -0.2) is 43.8 Å². The fourth-order valence-corrected chi connectivity index (χ4v) is 7.13. The summed E-state index contributed by atoms with van der Waals surface area (Å²) in [4.78, 5) is 29.7. The highest BCUT2D eigenvalue weighted by Gasteiger charge is 2.35. The van der Waals surface area contributed by atoms with Gasteiger partial charge in [-0.3, -0.25) is 13.9 Å². The second-order valence-corrected chi connectivity index (χ2v) is 14.6. The highest BCUT2D eigenvalue weighted by atomic mass is 35.5. The molecule has 0 aliphatic carbocycles. The molecule has 4 aromatic rings. The van der Waals surface area contributed by atoms with Crippen LogP contribution < -0.4 is 9.62 Å². The Morgan fingerprint density at radius 2 is 1.43 bits per heavy atom. The van der Waals surface area contributed by atoms with Crippen molar-refractivity contribution in [1.82, 2.24) is 10.2 Å². The number of amides is 2. The van der Waals surface area contributed by atoms with Crippen molar-refractivity contribution < 1.29 is 18.0 Å². The number of halogens is 4. The van der Waals surface area contributed by atoms with Crippen molar-refractivity contribution in [2.45, 2.75) is 50.7 Å². The van der Waals surface area contributed by atoms with Gasteiger partial charge in [-0.1, -0.05) is 100 Å². The summed E-state index contributed by atoms with van der Waals surface area (Å²) in [7, 11) is -4.35. The first-order valence-corrected chi connectivity index (χ1v) is 17.3. The van der Waals surface area contributed by atoms with Crippen LogP contribution in [-0.2, 0) is 32.6 Å². The smallest absolute Gasteiger partial charge is 0.264 e. The Morgan fingerprint density at radius 1 is 0.804 bits per heavy atom. The maximum atomic E-state index is 14.6. The number of aryl methyl sites for hydroxylation is 1. The number of rotatable bonds is 12. The normalized spacial score (nSPS) is 12.1. The van der Waals surface area contributed by atoms with Gasteiger partial charge in [-0.05, 0) is 74.4 Å². The molecule has 1 N–H and O–H groups in total. The van der Waals surface area contributed by atoms with Crippen LogP contribution in [0.5, 0.6) is 0 Å². The van der Waals surface area contributed by atoms with Gasteiger partial charge in [-0.25, -0.2) is 8.42 Å². The Bertz CT molecular complexity index is 1800. The van der Waals surface area contributed by atoms with Crippen molar-refractivity contribution in [1.29, 1.82) is 0 Å². The SMILES string of the molecule is Cc1ccc(S(=O)(=O)N(CC(=O)N(Cc2ccc(Cl)cc2Cl)C(Cc2ccccc2)C(=O)NC(C)C)c2cc(Cl)ccc2Cl)cc1. The van der Waals surface area contributed by atoms with Gasteiger partial charge < -0.3 is 10.2 Å². The van der Waals surface area contributed by atoms with Gasteiger partial charge in [0.05, 0.1) is 15.6 Å². The number of nitrogens with one attached hydrogen (secondary N) is 1. The third-order valence-electron chi connectivity index (χ3n) is 7.12. The van der Waals surface area contributed by atoms with Gasteiger partial charge >= 0.3 is 0 Å². The van der Waals surface area contributed by atoms with Gasteiger partial charge in [0.25, 0.3) is 10.0 Å². The molecule has 4 rings (SSSR count). The van der Waals surface area contributed by atoms with Crippen molar-refractivity contribution in [3.63, 3.8) is 0 Å². The van der Waals surface area contributed by atoms with E-state index in [0.29, 0.717) is 10.6 Å². The summed E-state index contributed by atoms with van der Waals surface area (Å²) in [6, 6.07) is 23.4. The monoisotopic (exact) mass is 719 g/mol. The number of nitrogens with zero attached hydrogens (tertiary/aromatic N) is 2. The number of benzene rings is 4. The molecule has 0 heterocycles. The van der Waals surface area contributed by atoms with Gasteiger partial charge in [0, 0.05) is 34.1 Å². The van der Waals surface area contributed by atoms with Gasteiger partial charge in [0.2, 0.25) is 11.8 Å². The van der Waals surface area contributed by atoms with E-state index in [1.165, 1.54) is 35.2 Å². The lowest BCUT2D eigenvalue weighted by Crippen LogP contribution is -2.54. The molecule has 242 valence electrons. The summed E-state index contributed by atoms with van der Waals surface area (Å²) in [5.74, 6) is -1.08. The number of carbonyl (C=O) groups is 2. The Labute approximate surface area is 290 Å². The first-order valence-electron chi connectivity index (χ1n) is 14.4. The molecule has 0 spiro atoms. The van der Waals surface area contributed by atoms with Crippen molar-refractivity contribution in [2.75, 3.05) is 10.8 Å². The second-order valence-electron chi connectivity index (χ2n) is 11.0. The average Bonchev–Trinajstić information content (AvgIpc) is 3.00. The molecule has 0 aliphatic rings. The van der Waals surface area contributed by atoms with E-state index in [4.69, 9.17) is 46.4 Å². The number of carbonyl (C=O) groups excluding carboxylic acids is 2. The third-order valence-corrected chi connectivity index (χ3v) is 10.0. The lowest BCUT2D eigenvalue weighted by molar-refractivity contribution is -0.140. The van der Waals surface area contributed by atoms with E-state index in [1.807, 2.05) is 51.1 Å². The van der Waals surface area contributed by atoms with Crippen LogP contribution in [0, 0.1) is 6.92 Å². The molecular formula is C34H33Cl4N3O4S. The predicted octanol–water partition coefficient (Wildman–Crippen LogP) is 7.97. The third kappa shape index (κ3) is 8.96. The molecule has 4 aromatic carbocycles. The molecule has 0 bridgehead atoms. The molecule has 2 amide bonds. The zero-order valence-corrected chi connectivity index (χ0v) is 29.2. The van der Waals surface area contributed by atoms with Crippen molar-refractivity contribution >= 4 is 73.9 Å². The zero-order valence-electron chi connectivity index (χ0n) is 25.4. The summed E-state index contributed by atoms with van der Waals surface area (Å²) < 4.78 is 29.3. The minimum Gasteiger partial charge on any atom is -0.352 e. The van der Waals surface area contributed by atoms with E-state index >= 15 is 0 Å². The summed E-state index contributed by atoms with van der Waals surface area (Å²) in [5.41, 5.74) is 2.18. The lowest BCUT2D eigenvalue weighted by Gasteiger charge is -2.34. The molecule has 1 atom stereocenters. The largest absolute Gasteiger partial charge is 0.352 e. The van der Waals surface area contributed by atoms with Gasteiger partial charge in [-0.2, -0.15) is 0 Å². The van der Waals surface area contributed by atoms with Crippen LogP contribution in [0.1, 0.15) is 30.5 Å². The minimum absolute atomic E-state index is 0.0128. The first kappa shape index (κ1) is 35.6. The standard InChI is InChI=1S/C34H33Cl4N3O4S/c1-22(2)39-34(43)32(17-24-7-5-4-6-8-24)40(20-25-11-12-26(35)18-30(25)38)33(42)21-41(31-19-27(36)13-16-29(31)37)46(44,45)28-14-9-23(3)10-15-28/h4-16,18-19,22,32H,17,20-21H2,1-3H3,(H,39,43). The molecule has 0 aliphatic heterocycles. The van der Waals surface area contributed by atoms with Gasteiger partial charge in [-0.15, -0.1) is 0 Å². The Balaban J connectivity index is 1.86. The summed E-state index contributed by atoms with van der Waals surface area (Å²) >= 11 is 25.5. The van der Waals surface area contributed by atoms with Crippen molar-refractivity contribution in [3.05, 3.63) is 128 Å². The Kier molecular flexibility index (Phi) is 12.0. The van der Waals surface area contributed by atoms with E-state index in [9.17, 15) is 18.0 Å². The topological polar surface area (TPSA) is 86.8 Å². The lowest BCUT2D eigenvalue weighted by atomic mass is 10.0. The van der Waals surface area contributed by atoms with E-state index in [0.717, 1.165) is 15.4 Å². The zero-order chi connectivity index (χ0) is 33.6. The van der Waals surface area contributed by atoms with Gasteiger partial charge in [0.15, 0.2) is 0 Å². The number of anilines is 1. The van der Waals surface area contributed by atoms with Crippen LogP contribution in [0.2, 0.25) is 20.1 Å². The molecule has 0 saturated heterocycles. The van der Waals surface area contributed by atoms with Crippen LogP contribution in [0.4, 0.5) is 5.69 Å². The van der Waals surface area contributed by atoms with E-state index < -0.39 is 34.4 Å². The second kappa shape index (κ2) is 15.5. The number of hydrogen-bond acceptors (Lipinski definition) is 4. The molecular weight excluding hydrogens is 688 g/mol. The molecule has 0 fully saturated rings. The number of hydrogen-bond donors (Lipinski definition) is 1. The average molecular weight is 722 g/mol. The van der Waals surface area contributed by atoms with Crippen molar-refractivity contribution in [2.24, 2.45) is 0 Å². The maximum Gasteiger partial charge on any atom is 0.264 e. The minimum atomic E-state index is -4.35. The highest BCUT2D eigenvalue weighted by molar-refractivity contribution is 7.92. The fraction of sp³-hybridized carbons (Fsp3) is 0.235. The molecule has 7 nitrogen and oxygen atoms in total. The van der Waals surface area contributed by atoms with Crippen molar-refractivity contribution in [3.8, 4) is 0 Å². The summed E-state index contributed by atoms with van der Waals surface area (Å²) in [6.45, 7) is 4.66. The summed E-state index contributed by atoms with van der Waals surface area (Å²) in [6.07, 6.45) is 0.152. The first-order chi connectivity index (χ1) is 21.8. The molecule has 0 radical (unpaired) electrons. The predicted molar refractivity (Wildman–Crippen MR) is 186 cm³/mol.